The molecule has 0 saturated heterocycles. The Kier molecular flexibility index (Phi) is 4.60. The molecule has 2 heterocycles. The second-order valence-corrected chi connectivity index (χ2v) is 4.30. The summed E-state index contributed by atoms with van der Waals surface area (Å²) < 4.78 is 1.32. The number of aromatic nitrogens is 3. The third kappa shape index (κ3) is 3.50. The molecule has 0 aliphatic rings. The fourth-order valence-corrected chi connectivity index (χ4v) is 1.66. The van der Waals surface area contributed by atoms with Crippen molar-refractivity contribution in [2.75, 3.05) is 5.32 Å². The highest BCUT2D eigenvalue weighted by Crippen LogP contribution is 2.03. The van der Waals surface area contributed by atoms with Gasteiger partial charge in [0, 0.05) is 18.8 Å². The summed E-state index contributed by atoms with van der Waals surface area (Å²) in [5, 5.41) is 6.70. The van der Waals surface area contributed by atoms with E-state index >= 15 is 0 Å². The molecule has 0 spiro atoms. The van der Waals surface area contributed by atoms with Gasteiger partial charge in [-0.25, -0.2) is 9.67 Å². The molecule has 1 amide bonds. The quantitative estimate of drug-likeness (QED) is 0.898. The molecule has 0 fully saturated rings. The van der Waals surface area contributed by atoms with E-state index in [4.69, 9.17) is 0 Å². The maximum Gasteiger partial charge on any atom is 0.277 e. The van der Waals surface area contributed by atoms with E-state index in [1.807, 2.05) is 6.92 Å². The maximum atomic E-state index is 12.0. The molecule has 0 atom stereocenters. The number of rotatable bonds is 5. The van der Waals surface area contributed by atoms with Gasteiger partial charge in [0.15, 0.2) is 0 Å². The molecule has 0 aliphatic heterocycles. The summed E-state index contributed by atoms with van der Waals surface area (Å²) >= 11 is 0. The van der Waals surface area contributed by atoms with E-state index in [0.29, 0.717) is 12.4 Å². The van der Waals surface area contributed by atoms with E-state index in [0.717, 1.165) is 12.8 Å². The van der Waals surface area contributed by atoms with E-state index < -0.39 is 0 Å². The highest BCUT2D eigenvalue weighted by molar-refractivity contribution is 6.02. The second-order valence-electron chi connectivity index (χ2n) is 4.30. The molecule has 0 saturated carbocycles. The van der Waals surface area contributed by atoms with Gasteiger partial charge in [-0.1, -0.05) is 19.4 Å². The highest BCUT2D eigenvalue weighted by Gasteiger charge is 2.10. The van der Waals surface area contributed by atoms with E-state index in [-0.39, 0.29) is 17.2 Å². The number of carbonyl (C=O) groups excluding carboxylic acids is 1. The first-order valence-corrected chi connectivity index (χ1v) is 6.51. The van der Waals surface area contributed by atoms with Crippen LogP contribution in [0.4, 0.5) is 5.82 Å². The lowest BCUT2D eigenvalue weighted by atomic mass is 10.3. The van der Waals surface area contributed by atoms with Gasteiger partial charge in [-0.3, -0.25) is 9.59 Å². The average molecular weight is 272 g/mol. The van der Waals surface area contributed by atoms with Crippen LogP contribution in [0, 0.1) is 0 Å². The summed E-state index contributed by atoms with van der Waals surface area (Å²) in [5.41, 5.74) is -0.000748. The Hall–Kier alpha value is -2.50. The minimum Gasteiger partial charge on any atom is -0.305 e. The van der Waals surface area contributed by atoms with Crippen molar-refractivity contribution >= 4 is 11.7 Å². The number of unbranched alkanes of at least 4 members (excludes halogenated alkanes) is 1. The number of amides is 1. The Morgan fingerprint density at radius 1 is 1.30 bits per heavy atom. The number of aryl methyl sites for hydroxylation is 1. The Bertz CT molecular complexity index is 637. The Balaban J connectivity index is 2.16. The molecule has 104 valence electrons. The molecule has 2 rings (SSSR count). The molecular formula is C14H16N4O2. The molecule has 0 unspecified atom stereocenters. The first-order valence-electron chi connectivity index (χ1n) is 6.51. The summed E-state index contributed by atoms with van der Waals surface area (Å²) in [6.07, 6.45) is 3.39. The van der Waals surface area contributed by atoms with Crippen molar-refractivity contribution in [2.45, 2.75) is 26.3 Å². The standard InChI is InChI=1S/C14H16N4O2/c1-2-3-10-18-13(19)8-7-11(17-18)14(20)16-12-6-4-5-9-15-12/h4-9H,2-3,10H2,1H3,(H,15,16,20). The normalized spacial score (nSPS) is 10.2. The van der Waals surface area contributed by atoms with Crippen LogP contribution in [0.2, 0.25) is 0 Å². The number of anilines is 1. The van der Waals surface area contributed by atoms with Gasteiger partial charge >= 0.3 is 0 Å². The Morgan fingerprint density at radius 2 is 2.15 bits per heavy atom. The van der Waals surface area contributed by atoms with Crippen molar-refractivity contribution in [1.29, 1.82) is 0 Å². The van der Waals surface area contributed by atoms with Crippen LogP contribution in [0.1, 0.15) is 30.3 Å². The number of nitrogens with one attached hydrogen (secondary N) is 1. The molecule has 6 nitrogen and oxygen atoms in total. The number of hydrogen-bond donors (Lipinski definition) is 1. The smallest absolute Gasteiger partial charge is 0.277 e. The van der Waals surface area contributed by atoms with Crippen LogP contribution in [0.25, 0.3) is 0 Å². The number of hydrogen-bond acceptors (Lipinski definition) is 4. The topological polar surface area (TPSA) is 76.9 Å². The van der Waals surface area contributed by atoms with Crippen molar-refractivity contribution in [1.82, 2.24) is 14.8 Å². The van der Waals surface area contributed by atoms with Crippen LogP contribution in [0.3, 0.4) is 0 Å². The molecule has 2 aromatic heterocycles. The molecule has 0 bridgehead atoms. The third-order valence-electron chi connectivity index (χ3n) is 2.73. The van der Waals surface area contributed by atoms with Crippen LogP contribution in [-0.2, 0) is 6.54 Å². The lowest BCUT2D eigenvalue weighted by molar-refractivity contribution is 0.101. The molecular weight excluding hydrogens is 256 g/mol. The molecule has 0 aliphatic carbocycles. The lowest BCUT2D eigenvalue weighted by Crippen LogP contribution is -2.26. The molecule has 2 aromatic rings. The first-order chi connectivity index (χ1) is 9.70. The largest absolute Gasteiger partial charge is 0.305 e. The molecule has 20 heavy (non-hydrogen) atoms. The maximum absolute atomic E-state index is 12.0. The molecule has 6 heteroatoms. The fourth-order valence-electron chi connectivity index (χ4n) is 1.66. The van der Waals surface area contributed by atoms with Crippen molar-refractivity contribution in [2.24, 2.45) is 0 Å². The summed E-state index contributed by atoms with van der Waals surface area (Å²) in [7, 11) is 0. The SMILES string of the molecule is CCCCn1nc(C(=O)Nc2ccccn2)ccc1=O. The lowest BCUT2D eigenvalue weighted by Gasteiger charge is -2.06. The average Bonchev–Trinajstić information content (AvgIpc) is 2.47. The Morgan fingerprint density at radius 3 is 2.85 bits per heavy atom. The molecule has 1 N–H and O–H groups in total. The number of carbonyl (C=O) groups is 1. The van der Waals surface area contributed by atoms with Gasteiger partial charge in [-0.2, -0.15) is 5.10 Å². The van der Waals surface area contributed by atoms with Gasteiger partial charge in [0.1, 0.15) is 11.5 Å². The summed E-state index contributed by atoms with van der Waals surface area (Å²) in [6.45, 7) is 2.54. The van der Waals surface area contributed by atoms with Crippen LogP contribution in [0.5, 0.6) is 0 Å². The van der Waals surface area contributed by atoms with E-state index in [9.17, 15) is 9.59 Å². The summed E-state index contributed by atoms with van der Waals surface area (Å²) in [4.78, 5) is 27.6. The number of nitrogens with zero attached hydrogens (tertiary/aromatic N) is 3. The van der Waals surface area contributed by atoms with Crippen LogP contribution in [-0.4, -0.2) is 20.7 Å². The summed E-state index contributed by atoms with van der Waals surface area (Å²) in [6, 6.07) is 8.00. The van der Waals surface area contributed by atoms with E-state index in [2.05, 4.69) is 15.4 Å². The van der Waals surface area contributed by atoms with Gasteiger partial charge in [-0.05, 0) is 24.6 Å². The van der Waals surface area contributed by atoms with Gasteiger partial charge in [-0.15, -0.1) is 0 Å². The predicted molar refractivity (Wildman–Crippen MR) is 75.6 cm³/mol. The molecule has 0 radical (unpaired) electrons. The zero-order valence-corrected chi connectivity index (χ0v) is 11.2. The van der Waals surface area contributed by atoms with Crippen molar-refractivity contribution < 1.29 is 4.79 Å². The van der Waals surface area contributed by atoms with Crippen LogP contribution >= 0.6 is 0 Å². The number of pyridine rings is 1. The Labute approximate surface area is 116 Å². The van der Waals surface area contributed by atoms with E-state index in [1.165, 1.54) is 16.8 Å². The minimum atomic E-state index is -0.381. The zero-order valence-electron chi connectivity index (χ0n) is 11.2. The van der Waals surface area contributed by atoms with Gasteiger partial charge in [0.25, 0.3) is 11.5 Å². The predicted octanol–water partition coefficient (Wildman–Crippen LogP) is 1.69. The summed E-state index contributed by atoms with van der Waals surface area (Å²) in [5.74, 6) is 0.0690. The van der Waals surface area contributed by atoms with Crippen molar-refractivity contribution in [3.05, 3.63) is 52.6 Å². The highest BCUT2D eigenvalue weighted by atomic mass is 16.2. The second kappa shape index (κ2) is 6.60. The first kappa shape index (κ1) is 13.9. The monoisotopic (exact) mass is 272 g/mol. The van der Waals surface area contributed by atoms with Crippen molar-refractivity contribution in [3.63, 3.8) is 0 Å². The minimum absolute atomic E-state index is 0.200. The van der Waals surface area contributed by atoms with Gasteiger partial charge in [0.05, 0.1) is 0 Å². The van der Waals surface area contributed by atoms with Crippen LogP contribution < -0.4 is 10.9 Å². The van der Waals surface area contributed by atoms with Crippen LogP contribution in [0.15, 0.2) is 41.3 Å². The van der Waals surface area contributed by atoms with Crippen molar-refractivity contribution in [3.8, 4) is 0 Å². The van der Waals surface area contributed by atoms with E-state index in [1.54, 1.807) is 24.4 Å². The molecule has 0 aromatic carbocycles. The zero-order chi connectivity index (χ0) is 14.4. The van der Waals surface area contributed by atoms with Gasteiger partial charge in [0.2, 0.25) is 0 Å². The van der Waals surface area contributed by atoms with Gasteiger partial charge < -0.3 is 5.32 Å². The fraction of sp³-hybridized carbons (Fsp3) is 0.286. The third-order valence-corrected chi connectivity index (χ3v) is 2.73.